The molecule has 0 spiro atoms. The highest BCUT2D eigenvalue weighted by Gasteiger charge is 2.16. The number of aromatic nitrogens is 2. The van der Waals surface area contributed by atoms with Gasteiger partial charge in [-0.15, -0.1) is 0 Å². The number of nitrogens with zero attached hydrogens (tertiary/aromatic N) is 3. The van der Waals surface area contributed by atoms with Crippen molar-refractivity contribution in [1.29, 1.82) is 0 Å². The Bertz CT molecular complexity index is 325. The van der Waals surface area contributed by atoms with E-state index in [0.717, 1.165) is 29.3 Å². The van der Waals surface area contributed by atoms with Crippen LogP contribution in [0.1, 0.15) is 12.8 Å². The summed E-state index contributed by atoms with van der Waals surface area (Å²) in [6.07, 6.45) is 6.11. The number of rotatable bonds is 3. The highest BCUT2D eigenvalue weighted by molar-refractivity contribution is 14.1. The van der Waals surface area contributed by atoms with Gasteiger partial charge in [-0.1, -0.05) is 0 Å². The maximum Gasteiger partial charge on any atom is 0.225 e. The summed E-state index contributed by atoms with van der Waals surface area (Å²) in [5.74, 6) is 1.41. The molecule has 0 saturated carbocycles. The quantitative estimate of drug-likeness (QED) is 0.793. The van der Waals surface area contributed by atoms with E-state index in [2.05, 4.69) is 37.5 Å². The van der Waals surface area contributed by atoms with Crippen molar-refractivity contribution in [2.75, 3.05) is 31.7 Å². The Morgan fingerprint density at radius 2 is 2.25 bits per heavy atom. The standard InChI is InChI=1S/C11H16IN3O/c1-15(7-9-3-2-4-16-8-9)11-13-5-10(12)6-14-11/h5-6,9H,2-4,7-8H2,1H3. The average molecular weight is 333 g/mol. The molecule has 1 aromatic rings. The molecule has 1 aliphatic heterocycles. The lowest BCUT2D eigenvalue weighted by molar-refractivity contribution is 0.0575. The van der Waals surface area contributed by atoms with Crippen molar-refractivity contribution >= 4 is 28.5 Å². The fraction of sp³-hybridized carbons (Fsp3) is 0.636. The molecule has 88 valence electrons. The molecule has 5 heteroatoms. The van der Waals surface area contributed by atoms with Crippen LogP contribution < -0.4 is 4.90 Å². The third-order valence-corrected chi connectivity index (χ3v) is 3.29. The van der Waals surface area contributed by atoms with Crippen LogP contribution in [0.15, 0.2) is 12.4 Å². The first-order chi connectivity index (χ1) is 7.75. The van der Waals surface area contributed by atoms with E-state index in [9.17, 15) is 0 Å². The summed E-state index contributed by atoms with van der Waals surface area (Å²) in [5.41, 5.74) is 0. The Hall–Kier alpha value is -0.430. The molecule has 0 aliphatic carbocycles. The van der Waals surface area contributed by atoms with Crippen molar-refractivity contribution in [2.24, 2.45) is 5.92 Å². The SMILES string of the molecule is CN(CC1CCCOC1)c1ncc(I)cn1. The number of halogens is 1. The van der Waals surface area contributed by atoms with Crippen LogP contribution in [0.25, 0.3) is 0 Å². The summed E-state index contributed by atoms with van der Waals surface area (Å²) in [5, 5.41) is 0. The summed E-state index contributed by atoms with van der Waals surface area (Å²) < 4.78 is 6.53. The third kappa shape index (κ3) is 3.28. The van der Waals surface area contributed by atoms with E-state index in [-0.39, 0.29) is 0 Å². The first-order valence-corrected chi connectivity index (χ1v) is 6.60. The van der Waals surface area contributed by atoms with Gasteiger partial charge in [0.15, 0.2) is 0 Å². The Kier molecular flexibility index (Phi) is 4.34. The second-order valence-electron chi connectivity index (χ2n) is 4.16. The summed E-state index contributed by atoms with van der Waals surface area (Å²) >= 11 is 2.21. The average Bonchev–Trinajstić information content (AvgIpc) is 2.31. The van der Waals surface area contributed by atoms with Crippen LogP contribution in [0.4, 0.5) is 5.95 Å². The number of ether oxygens (including phenoxy) is 1. The molecule has 0 radical (unpaired) electrons. The minimum Gasteiger partial charge on any atom is -0.381 e. The summed E-state index contributed by atoms with van der Waals surface area (Å²) in [6.45, 7) is 2.76. The minimum absolute atomic E-state index is 0.613. The van der Waals surface area contributed by atoms with Crippen LogP contribution in [-0.2, 0) is 4.74 Å². The Balaban J connectivity index is 1.91. The third-order valence-electron chi connectivity index (χ3n) is 2.73. The van der Waals surface area contributed by atoms with E-state index >= 15 is 0 Å². The van der Waals surface area contributed by atoms with E-state index in [1.807, 2.05) is 19.4 Å². The molecular weight excluding hydrogens is 317 g/mol. The molecule has 2 rings (SSSR count). The predicted molar refractivity (Wildman–Crippen MR) is 71.6 cm³/mol. The van der Waals surface area contributed by atoms with Gasteiger partial charge in [-0.2, -0.15) is 0 Å². The number of hydrogen-bond acceptors (Lipinski definition) is 4. The molecule has 1 aromatic heterocycles. The second-order valence-corrected chi connectivity index (χ2v) is 5.41. The van der Waals surface area contributed by atoms with Crippen LogP contribution in [0.2, 0.25) is 0 Å². The van der Waals surface area contributed by atoms with Gasteiger partial charge in [-0.25, -0.2) is 9.97 Å². The van der Waals surface area contributed by atoms with Crippen molar-refractivity contribution in [1.82, 2.24) is 9.97 Å². The van der Waals surface area contributed by atoms with Gasteiger partial charge in [0.25, 0.3) is 0 Å². The van der Waals surface area contributed by atoms with Crippen molar-refractivity contribution in [3.63, 3.8) is 0 Å². The molecule has 0 amide bonds. The molecule has 4 nitrogen and oxygen atoms in total. The largest absolute Gasteiger partial charge is 0.381 e. The fourth-order valence-corrected chi connectivity index (χ4v) is 2.20. The van der Waals surface area contributed by atoms with Gasteiger partial charge in [-0.3, -0.25) is 0 Å². The summed E-state index contributed by atoms with van der Waals surface area (Å²) in [7, 11) is 2.04. The molecule has 0 aromatic carbocycles. The first-order valence-electron chi connectivity index (χ1n) is 5.52. The zero-order valence-electron chi connectivity index (χ0n) is 9.40. The van der Waals surface area contributed by atoms with Crippen LogP contribution in [0.3, 0.4) is 0 Å². The molecular formula is C11H16IN3O. The molecule has 2 heterocycles. The molecule has 1 saturated heterocycles. The van der Waals surface area contributed by atoms with Gasteiger partial charge >= 0.3 is 0 Å². The molecule has 1 atom stereocenters. The molecule has 1 unspecified atom stereocenters. The van der Waals surface area contributed by atoms with Crippen LogP contribution in [-0.4, -0.2) is 36.8 Å². The summed E-state index contributed by atoms with van der Waals surface area (Å²) in [4.78, 5) is 10.7. The predicted octanol–water partition coefficient (Wildman–Crippen LogP) is 1.94. The lowest BCUT2D eigenvalue weighted by atomic mass is 10.0. The molecule has 0 bridgehead atoms. The van der Waals surface area contributed by atoms with Gasteiger partial charge in [0, 0.05) is 36.2 Å². The summed E-state index contributed by atoms with van der Waals surface area (Å²) in [6, 6.07) is 0. The Labute approximate surface area is 110 Å². The highest BCUT2D eigenvalue weighted by Crippen LogP contribution is 2.16. The van der Waals surface area contributed by atoms with E-state index < -0.39 is 0 Å². The number of anilines is 1. The maximum absolute atomic E-state index is 5.47. The monoisotopic (exact) mass is 333 g/mol. The van der Waals surface area contributed by atoms with E-state index in [1.54, 1.807) is 0 Å². The Morgan fingerprint density at radius 1 is 1.50 bits per heavy atom. The molecule has 1 fully saturated rings. The topological polar surface area (TPSA) is 38.2 Å². The molecule has 1 aliphatic rings. The minimum atomic E-state index is 0.613. The van der Waals surface area contributed by atoms with Crippen LogP contribution in [0.5, 0.6) is 0 Å². The normalized spacial score (nSPS) is 20.8. The Morgan fingerprint density at radius 3 is 2.88 bits per heavy atom. The first kappa shape index (κ1) is 12.0. The van der Waals surface area contributed by atoms with Gasteiger partial charge in [0.05, 0.1) is 6.61 Å². The number of hydrogen-bond donors (Lipinski definition) is 0. The second kappa shape index (κ2) is 5.77. The molecule has 0 N–H and O–H groups in total. The molecule has 16 heavy (non-hydrogen) atoms. The zero-order chi connectivity index (χ0) is 11.4. The van der Waals surface area contributed by atoms with Crippen molar-refractivity contribution in [3.05, 3.63) is 16.0 Å². The van der Waals surface area contributed by atoms with E-state index in [1.165, 1.54) is 12.8 Å². The zero-order valence-corrected chi connectivity index (χ0v) is 11.6. The van der Waals surface area contributed by atoms with Gasteiger partial charge in [0.1, 0.15) is 0 Å². The lowest BCUT2D eigenvalue weighted by Gasteiger charge is -2.27. The smallest absolute Gasteiger partial charge is 0.225 e. The van der Waals surface area contributed by atoms with Crippen molar-refractivity contribution in [3.8, 4) is 0 Å². The van der Waals surface area contributed by atoms with Gasteiger partial charge in [-0.05, 0) is 41.4 Å². The van der Waals surface area contributed by atoms with Crippen molar-refractivity contribution in [2.45, 2.75) is 12.8 Å². The van der Waals surface area contributed by atoms with Crippen LogP contribution in [0, 0.1) is 9.49 Å². The van der Waals surface area contributed by atoms with Gasteiger partial charge < -0.3 is 9.64 Å². The van der Waals surface area contributed by atoms with Crippen LogP contribution >= 0.6 is 22.6 Å². The van der Waals surface area contributed by atoms with Gasteiger partial charge in [0.2, 0.25) is 5.95 Å². The van der Waals surface area contributed by atoms with Crippen molar-refractivity contribution < 1.29 is 4.74 Å². The fourth-order valence-electron chi connectivity index (χ4n) is 1.92. The highest BCUT2D eigenvalue weighted by atomic mass is 127. The van der Waals surface area contributed by atoms with E-state index in [4.69, 9.17) is 4.74 Å². The van der Waals surface area contributed by atoms with E-state index in [0.29, 0.717) is 5.92 Å². The maximum atomic E-state index is 5.47. The lowest BCUT2D eigenvalue weighted by Crippen LogP contribution is -2.31.